The van der Waals surface area contributed by atoms with E-state index in [-0.39, 0.29) is 34.1 Å². The van der Waals surface area contributed by atoms with Crippen LogP contribution in [0.2, 0.25) is 0 Å². The molecule has 24 heavy (non-hydrogen) atoms. The van der Waals surface area contributed by atoms with Crippen molar-refractivity contribution in [1.82, 2.24) is 0 Å². The van der Waals surface area contributed by atoms with Crippen LogP contribution < -0.4 is 21.3 Å². The van der Waals surface area contributed by atoms with Gasteiger partial charge < -0.3 is 21.3 Å². The van der Waals surface area contributed by atoms with Gasteiger partial charge in [0.15, 0.2) is 11.6 Å². The third-order valence-electron chi connectivity index (χ3n) is 4.30. The quantitative estimate of drug-likeness (QED) is 0.698. The van der Waals surface area contributed by atoms with Crippen LogP contribution in [-0.2, 0) is 0 Å². The molecule has 124 valence electrons. The molecule has 1 aliphatic rings. The van der Waals surface area contributed by atoms with Crippen molar-refractivity contribution in [3.05, 3.63) is 46.5 Å². The molecule has 0 saturated heterocycles. The summed E-state index contributed by atoms with van der Waals surface area (Å²) in [7, 11) is 7.30. The van der Waals surface area contributed by atoms with Gasteiger partial charge in [0.2, 0.25) is 0 Å². The maximum Gasteiger partial charge on any atom is 0.198 e. The second-order valence-electron chi connectivity index (χ2n) is 6.29. The highest BCUT2D eigenvalue weighted by molar-refractivity contribution is 6.34. The average molecular weight is 324 g/mol. The van der Waals surface area contributed by atoms with Crippen molar-refractivity contribution < 1.29 is 9.59 Å². The minimum absolute atomic E-state index is 0.230. The summed E-state index contributed by atoms with van der Waals surface area (Å²) >= 11 is 0. The number of benzene rings is 2. The smallest absolute Gasteiger partial charge is 0.198 e. The van der Waals surface area contributed by atoms with E-state index in [1.54, 1.807) is 34.1 Å². The number of hydrogen-bond donors (Lipinski definition) is 2. The number of hydrogen-bond acceptors (Lipinski definition) is 6. The number of nitrogens with two attached hydrogens (primary N) is 2. The SMILES string of the molecule is CN(C)c1ccc(N)c2c1C(=O)c1c(N(C)C)ccc(N)c1C2=O. The second-order valence-corrected chi connectivity index (χ2v) is 6.29. The van der Waals surface area contributed by atoms with E-state index in [4.69, 9.17) is 11.5 Å². The molecule has 0 bridgehead atoms. The molecule has 2 aromatic carbocycles. The molecule has 0 fully saturated rings. The van der Waals surface area contributed by atoms with E-state index in [1.807, 2.05) is 28.2 Å². The Morgan fingerprint density at radius 1 is 0.625 bits per heavy atom. The van der Waals surface area contributed by atoms with Crippen molar-refractivity contribution in [1.29, 1.82) is 0 Å². The summed E-state index contributed by atoms with van der Waals surface area (Å²) in [6.07, 6.45) is 0. The van der Waals surface area contributed by atoms with E-state index in [0.717, 1.165) is 0 Å². The van der Waals surface area contributed by atoms with Crippen LogP contribution in [0.3, 0.4) is 0 Å². The Morgan fingerprint density at radius 2 is 0.958 bits per heavy atom. The number of carbonyl (C=O) groups is 2. The molecule has 0 unspecified atom stereocenters. The molecule has 4 N–H and O–H groups in total. The number of ketones is 2. The molecule has 2 aromatic rings. The first-order valence-corrected chi connectivity index (χ1v) is 7.54. The summed E-state index contributed by atoms with van der Waals surface area (Å²) in [6, 6.07) is 6.81. The predicted molar refractivity (Wildman–Crippen MR) is 97.2 cm³/mol. The topological polar surface area (TPSA) is 92.7 Å². The molecule has 0 heterocycles. The van der Waals surface area contributed by atoms with Gasteiger partial charge in [-0.15, -0.1) is 0 Å². The average Bonchev–Trinajstić information content (AvgIpc) is 2.51. The van der Waals surface area contributed by atoms with Crippen molar-refractivity contribution in [3.8, 4) is 0 Å². The van der Waals surface area contributed by atoms with Gasteiger partial charge in [-0.2, -0.15) is 0 Å². The highest BCUT2D eigenvalue weighted by Crippen LogP contribution is 2.41. The molecule has 0 aromatic heterocycles. The predicted octanol–water partition coefficient (Wildman–Crippen LogP) is 1.76. The normalized spacial score (nSPS) is 12.7. The molecule has 1 aliphatic carbocycles. The zero-order valence-corrected chi connectivity index (χ0v) is 14.2. The van der Waals surface area contributed by atoms with Crippen molar-refractivity contribution in [2.75, 3.05) is 49.5 Å². The lowest BCUT2D eigenvalue weighted by atomic mass is 9.80. The van der Waals surface area contributed by atoms with Gasteiger partial charge in [-0.25, -0.2) is 0 Å². The zero-order chi connectivity index (χ0) is 17.8. The summed E-state index contributed by atoms with van der Waals surface area (Å²) in [4.78, 5) is 30.0. The van der Waals surface area contributed by atoms with Crippen LogP contribution in [0.5, 0.6) is 0 Å². The van der Waals surface area contributed by atoms with E-state index in [9.17, 15) is 9.59 Å². The second kappa shape index (κ2) is 5.26. The molecule has 6 heteroatoms. The first-order valence-electron chi connectivity index (χ1n) is 7.54. The van der Waals surface area contributed by atoms with Crippen LogP contribution in [0.15, 0.2) is 24.3 Å². The molecule has 0 amide bonds. The highest BCUT2D eigenvalue weighted by atomic mass is 16.1. The van der Waals surface area contributed by atoms with Gasteiger partial charge in [-0.05, 0) is 24.3 Å². The van der Waals surface area contributed by atoms with E-state index in [0.29, 0.717) is 22.5 Å². The standard InChI is InChI=1S/C18H20N4O2/c1-21(2)11-7-5-9(19)13-15(11)18(24)16-12(22(3)4)8-6-10(20)14(16)17(13)23/h5-8H,19-20H2,1-4H3. The Kier molecular flexibility index (Phi) is 3.48. The summed E-state index contributed by atoms with van der Waals surface area (Å²) in [5.41, 5.74) is 15.1. The Morgan fingerprint density at radius 3 is 1.29 bits per heavy atom. The fourth-order valence-corrected chi connectivity index (χ4v) is 3.16. The van der Waals surface area contributed by atoms with E-state index >= 15 is 0 Å². The fourth-order valence-electron chi connectivity index (χ4n) is 3.16. The van der Waals surface area contributed by atoms with Gasteiger partial charge in [0.05, 0.1) is 22.3 Å². The number of rotatable bonds is 2. The lowest BCUT2D eigenvalue weighted by molar-refractivity contribution is 0.0981. The zero-order valence-electron chi connectivity index (χ0n) is 14.2. The van der Waals surface area contributed by atoms with Crippen LogP contribution in [0.4, 0.5) is 22.7 Å². The molecule has 0 saturated carbocycles. The number of carbonyl (C=O) groups excluding carboxylic acids is 2. The molecule has 0 aliphatic heterocycles. The van der Waals surface area contributed by atoms with Crippen molar-refractivity contribution in [2.45, 2.75) is 0 Å². The van der Waals surface area contributed by atoms with Crippen LogP contribution in [0, 0.1) is 0 Å². The Hall–Kier alpha value is -3.02. The maximum atomic E-state index is 13.3. The van der Waals surface area contributed by atoms with Crippen LogP contribution in [0.25, 0.3) is 0 Å². The van der Waals surface area contributed by atoms with E-state index in [1.165, 1.54) is 0 Å². The summed E-state index contributed by atoms with van der Waals surface area (Å²) in [5, 5.41) is 0. The molecule has 0 radical (unpaired) electrons. The number of nitrogen functional groups attached to an aromatic ring is 2. The third-order valence-corrected chi connectivity index (χ3v) is 4.30. The molecule has 3 rings (SSSR count). The monoisotopic (exact) mass is 324 g/mol. The molecular formula is C18H20N4O2. The summed E-state index contributed by atoms with van der Waals surface area (Å²) in [5.74, 6) is -0.534. The van der Waals surface area contributed by atoms with Gasteiger partial charge in [0, 0.05) is 50.9 Å². The molecule has 0 atom stereocenters. The minimum atomic E-state index is -0.304. The number of fused-ring (bicyclic) bond motifs is 2. The molecule has 0 spiro atoms. The van der Waals surface area contributed by atoms with Crippen LogP contribution in [0.1, 0.15) is 31.8 Å². The molecule has 6 nitrogen and oxygen atoms in total. The van der Waals surface area contributed by atoms with Crippen LogP contribution in [-0.4, -0.2) is 39.8 Å². The summed E-state index contributed by atoms with van der Waals surface area (Å²) < 4.78 is 0. The third kappa shape index (κ3) is 2.03. The van der Waals surface area contributed by atoms with Gasteiger partial charge in [-0.1, -0.05) is 0 Å². The van der Waals surface area contributed by atoms with Gasteiger partial charge in [0.1, 0.15) is 0 Å². The van der Waals surface area contributed by atoms with Crippen LogP contribution >= 0.6 is 0 Å². The lowest BCUT2D eigenvalue weighted by Crippen LogP contribution is -2.28. The highest BCUT2D eigenvalue weighted by Gasteiger charge is 2.37. The lowest BCUT2D eigenvalue weighted by Gasteiger charge is -2.28. The maximum absolute atomic E-state index is 13.3. The summed E-state index contributed by atoms with van der Waals surface area (Å²) in [6.45, 7) is 0. The molecular weight excluding hydrogens is 304 g/mol. The van der Waals surface area contributed by atoms with Crippen molar-refractivity contribution in [3.63, 3.8) is 0 Å². The van der Waals surface area contributed by atoms with E-state index < -0.39 is 0 Å². The first-order chi connectivity index (χ1) is 11.3. The van der Waals surface area contributed by atoms with Gasteiger partial charge >= 0.3 is 0 Å². The van der Waals surface area contributed by atoms with E-state index in [2.05, 4.69) is 0 Å². The number of nitrogens with zero attached hydrogens (tertiary/aromatic N) is 2. The van der Waals surface area contributed by atoms with Gasteiger partial charge in [-0.3, -0.25) is 9.59 Å². The fraction of sp³-hybridized carbons (Fsp3) is 0.222. The van der Waals surface area contributed by atoms with Crippen molar-refractivity contribution in [2.24, 2.45) is 0 Å². The Bertz CT molecular complexity index is 816. The number of anilines is 4. The largest absolute Gasteiger partial charge is 0.398 e. The Balaban J connectivity index is 2.43. The Labute approximate surface area is 140 Å². The minimum Gasteiger partial charge on any atom is -0.398 e. The van der Waals surface area contributed by atoms with Gasteiger partial charge in [0.25, 0.3) is 0 Å². The first kappa shape index (κ1) is 15.9. The van der Waals surface area contributed by atoms with Crippen molar-refractivity contribution >= 4 is 34.3 Å².